The first-order valence-corrected chi connectivity index (χ1v) is 6.04. The normalized spacial score (nSPS) is 10.7. The third-order valence-corrected chi connectivity index (χ3v) is 2.72. The van der Waals surface area contributed by atoms with Crippen LogP contribution in [0.5, 0.6) is 5.75 Å². The van der Waals surface area contributed by atoms with Crippen molar-refractivity contribution in [1.29, 1.82) is 5.26 Å². The quantitative estimate of drug-likeness (QED) is 0.487. The molecule has 0 bridgehead atoms. The van der Waals surface area contributed by atoms with E-state index in [4.69, 9.17) is 14.7 Å². The number of rotatable bonds is 4. The predicted octanol–water partition coefficient (Wildman–Crippen LogP) is 2.93. The molecule has 0 aliphatic heterocycles. The van der Waals surface area contributed by atoms with Crippen LogP contribution in [0.3, 0.4) is 0 Å². The summed E-state index contributed by atoms with van der Waals surface area (Å²) in [6.45, 7) is 1.93. The number of carbonyl (C=O) groups is 1. The average Bonchev–Trinajstić information content (AvgIpc) is 2.36. The van der Waals surface area contributed by atoms with Gasteiger partial charge in [-0.05, 0) is 46.6 Å². The van der Waals surface area contributed by atoms with Crippen LogP contribution in [0, 0.1) is 11.3 Å². The van der Waals surface area contributed by atoms with Gasteiger partial charge in [0.25, 0.3) is 0 Å². The van der Waals surface area contributed by atoms with Gasteiger partial charge in [0.15, 0.2) is 0 Å². The second-order valence-electron chi connectivity index (χ2n) is 3.28. The van der Waals surface area contributed by atoms with Crippen molar-refractivity contribution in [2.75, 3.05) is 13.7 Å². The van der Waals surface area contributed by atoms with Crippen LogP contribution in [0.2, 0.25) is 0 Å². The van der Waals surface area contributed by atoms with Gasteiger partial charge in [-0.1, -0.05) is 6.07 Å². The fourth-order valence-electron chi connectivity index (χ4n) is 1.28. The van der Waals surface area contributed by atoms with E-state index in [1.165, 1.54) is 6.08 Å². The Labute approximate surface area is 114 Å². The van der Waals surface area contributed by atoms with Crippen molar-refractivity contribution < 1.29 is 14.3 Å². The number of esters is 1. The van der Waals surface area contributed by atoms with Gasteiger partial charge in [0, 0.05) is 0 Å². The Balaban J connectivity index is 3.04. The molecule has 4 nitrogen and oxygen atoms in total. The van der Waals surface area contributed by atoms with E-state index < -0.39 is 5.97 Å². The van der Waals surface area contributed by atoms with Crippen LogP contribution in [0.25, 0.3) is 6.08 Å². The number of hydrogen-bond acceptors (Lipinski definition) is 4. The van der Waals surface area contributed by atoms with E-state index in [-0.39, 0.29) is 12.2 Å². The summed E-state index contributed by atoms with van der Waals surface area (Å²) in [6.07, 6.45) is 1.47. The lowest BCUT2D eigenvalue weighted by Gasteiger charge is -2.04. The molecule has 0 atom stereocenters. The number of benzene rings is 1. The van der Waals surface area contributed by atoms with Crippen molar-refractivity contribution in [3.8, 4) is 11.8 Å². The van der Waals surface area contributed by atoms with Crippen LogP contribution in [-0.4, -0.2) is 19.7 Å². The van der Waals surface area contributed by atoms with E-state index in [9.17, 15) is 4.79 Å². The van der Waals surface area contributed by atoms with Crippen LogP contribution >= 0.6 is 15.9 Å². The highest BCUT2D eigenvalue weighted by molar-refractivity contribution is 9.10. The van der Waals surface area contributed by atoms with E-state index in [1.807, 2.05) is 6.07 Å². The second kappa shape index (κ2) is 6.82. The lowest BCUT2D eigenvalue weighted by Crippen LogP contribution is -2.05. The maximum atomic E-state index is 11.4. The Morgan fingerprint density at radius 3 is 2.78 bits per heavy atom. The SMILES string of the molecule is CCOC(=O)C(C#N)=Cc1ccc(OC)c(Br)c1. The van der Waals surface area contributed by atoms with Crippen LogP contribution in [0.4, 0.5) is 0 Å². The van der Waals surface area contributed by atoms with Gasteiger partial charge in [0.1, 0.15) is 17.4 Å². The third kappa shape index (κ3) is 3.60. The molecule has 0 N–H and O–H groups in total. The summed E-state index contributed by atoms with van der Waals surface area (Å²) >= 11 is 3.33. The molecule has 0 unspecified atom stereocenters. The molecular weight excluding hydrogens is 298 g/mol. The van der Waals surface area contributed by atoms with Crippen molar-refractivity contribution in [2.24, 2.45) is 0 Å². The van der Waals surface area contributed by atoms with E-state index >= 15 is 0 Å². The van der Waals surface area contributed by atoms with Gasteiger partial charge in [-0.15, -0.1) is 0 Å². The zero-order chi connectivity index (χ0) is 13.5. The molecule has 0 spiro atoms. The van der Waals surface area contributed by atoms with E-state index in [0.29, 0.717) is 11.3 Å². The molecule has 0 aliphatic carbocycles. The number of nitriles is 1. The molecule has 1 rings (SSSR count). The smallest absolute Gasteiger partial charge is 0.348 e. The Kier molecular flexibility index (Phi) is 5.40. The van der Waals surface area contributed by atoms with Gasteiger partial charge >= 0.3 is 5.97 Å². The van der Waals surface area contributed by atoms with Crippen LogP contribution < -0.4 is 4.74 Å². The molecule has 0 saturated carbocycles. The summed E-state index contributed by atoms with van der Waals surface area (Å²) in [5.41, 5.74) is 0.682. The zero-order valence-corrected chi connectivity index (χ0v) is 11.7. The van der Waals surface area contributed by atoms with Crippen LogP contribution in [0.15, 0.2) is 28.2 Å². The highest BCUT2D eigenvalue weighted by Gasteiger charge is 2.10. The molecule has 0 aromatic heterocycles. The minimum absolute atomic E-state index is 0.0334. The zero-order valence-electron chi connectivity index (χ0n) is 10.1. The molecule has 94 valence electrons. The molecule has 1 aromatic rings. The molecule has 0 fully saturated rings. The lowest BCUT2D eigenvalue weighted by molar-refractivity contribution is -0.137. The van der Waals surface area contributed by atoms with Crippen molar-refractivity contribution in [1.82, 2.24) is 0 Å². The molecule has 0 saturated heterocycles. The van der Waals surface area contributed by atoms with Crippen molar-refractivity contribution in [3.63, 3.8) is 0 Å². The molecule has 18 heavy (non-hydrogen) atoms. The number of ether oxygens (including phenoxy) is 2. The highest BCUT2D eigenvalue weighted by Crippen LogP contribution is 2.26. The Hall–Kier alpha value is -1.80. The van der Waals surface area contributed by atoms with Gasteiger partial charge in [-0.2, -0.15) is 5.26 Å². The maximum absolute atomic E-state index is 11.4. The van der Waals surface area contributed by atoms with E-state index in [2.05, 4.69) is 15.9 Å². The average molecular weight is 310 g/mol. The number of nitrogens with zero attached hydrogens (tertiary/aromatic N) is 1. The molecule has 0 heterocycles. The van der Waals surface area contributed by atoms with Crippen LogP contribution in [-0.2, 0) is 9.53 Å². The fourth-order valence-corrected chi connectivity index (χ4v) is 1.84. The largest absolute Gasteiger partial charge is 0.496 e. The second-order valence-corrected chi connectivity index (χ2v) is 4.14. The van der Waals surface area contributed by atoms with Crippen molar-refractivity contribution >= 4 is 28.0 Å². The molecular formula is C13H12BrNO3. The maximum Gasteiger partial charge on any atom is 0.348 e. The first-order valence-electron chi connectivity index (χ1n) is 5.24. The number of carbonyl (C=O) groups excluding carboxylic acids is 1. The monoisotopic (exact) mass is 309 g/mol. The Bertz CT molecular complexity index is 517. The van der Waals surface area contributed by atoms with E-state index in [0.717, 1.165) is 4.47 Å². The van der Waals surface area contributed by atoms with E-state index in [1.54, 1.807) is 32.2 Å². The third-order valence-electron chi connectivity index (χ3n) is 2.10. The summed E-state index contributed by atoms with van der Waals surface area (Å²) in [6, 6.07) is 7.08. The Morgan fingerprint density at radius 1 is 1.56 bits per heavy atom. The van der Waals surface area contributed by atoms with Gasteiger partial charge in [-0.25, -0.2) is 4.79 Å². The number of methoxy groups -OCH3 is 1. The first-order chi connectivity index (χ1) is 8.62. The predicted molar refractivity (Wildman–Crippen MR) is 70.9 cm³/mol. The number of halogens is 1. The molecule has 5 heteroatoms. The summed E-state index contributed by atoms with van der Waals surface area (Å²) < 4.78 is 10.6. The lowest BCUT2D eigenvalue weighted by atomic mass is 10.1. The highest BCUT2D eigenvalue weighted by atomic mass is 79.9. The van der Waals surface area contributed by atoms with Gasteiger partial charge in [0.05, 0.1) is 18.2 Å². The van der Waals surface area contributed by atoms with Crippen molar-refractivity contribution in [3.05, 3.63) is 33.8 Å². The first kappa shape index (κ1) is 14.3. The van der Waals surface area contributed by atoms with Gasteiger partial charge in [-0.3, -0.25) is 0 Å². The molecule has 0 radical (unpaired) electrons. The topological polar surface area (TPSA) is 59.3 Å². The summed E-state index contributed by atoms with van der Waals surface area (Å²) in [5.74, 6) is 0.0636. The molecule has 0 amide bonds. The minimum atomic E-state index is -0.619. The molecule has 1 aromatic carbocycles. The van der Waals surface area contributed by atoms with Crippen LogP contribution in [0.1, 0.15) is 12.5 Å². The standard InChI is InChI=1S/C13H12BrNO3/c1-3-18-13(16)10(8-15)6-9-4-5-12(17-2)11(14)7-9/h4-7H,3H2,1-2H3. The Morgan fingerprint density at radius 2 is 2.28 bits per heavy atom. The van der Waals surface area contributed by atoms with Gasteiger partial charge < -0.3 is 9.47 Å². The number of hydrogen-bond donors (Lipinski definition) is 0. The van der Waals surface area contributed by atoms with Crippen molar-refractivity contribution in [2.45, 2.75) is 6.92 Å². The fraction of sp³-hybridized carbons (Fsp3) is 0.231. The van der Waals surface area contributed by atoms with Gasteiger partial charge in [0.2, 0.25) is 0 Å². The summed E-state index contributed by atoms with van der Waals surface area (Å²) in [5, 5.41) is 8.90. The minimum Gasteiger partial charge on any atom is -0.496 e. The summed E-state index contributed by atoms with van der Waals surface area (Å²) in [7, 11) is 1.56. The molecule has 0 aliphatic rings. The summed E-state index contributed by atoms with van der Waals surface area (Å²) in [4.78, 5) is 11.4.